The Morgan fingerprint density at radius 2 is 2.00 bits per heavy atom. The number of carbonyl (C=O) groups is 1. The van der Waals surface area contributed by atoms with E-state index in [0.29, 0.717) is 17.0 Å². The first kappa shape index (κ1) is 13.3. The van der Waals surface area contributed by atoms with E-state index in [0.717, 1.165) is 15.6 Å². The van der Waals surface area contributed by atoms with Gasteiger partial charge in [-0.2, -0.15) is 0 Å². The molecule has 0 N–H and O–H groups in total. The van der Waals surface area contributed by atoms with Gasteiger partial charge >= 0.3 is 0 Å². The van der Waals surface area contributed by atoms with Crippen molar-refractivity contribution in [1.29, 1.82) is 0 Å². The number of rotatable bonds is 3. The van der Waals surface area contributed by atoms with Crippen LogP contribution in [0.15, 0.2) is 46.9 Å². The lowest BCUT2D eigenvalue weighted by molar-refractivity contribution is 0.0993. The smallest absolute Gasteiger partial charge is 0.167 e. The number of halogens is 2. The second-order valence-corrected chi connectivity index (χ2v) is 5.48. The average Bonchev–Trinajstić information content (AvgIpc) is 2.32. The zero-order valence-electron chi connectivity index (χ0n) is 9.91. The summed E-state index contributed by atoms with van der Waals surface area (Å²) in [7, 11) is 0. The van der Waals surface area contributed by atoms with Crippen LogP contribution in [-0.2, 0) is 6.42 Å². The van der Waals surface area contributed by atoms with E-state index >= 15 is 0 Å². The molecule has 0 radical (unpaired) electrons. The molecule has 0 heterocycles. The molecule has 0 saturated carbocycles. The molecule has 0 aromatic heterocycles. The first-order valence-corrected chi connectivity index (χ1v) is 6.77. The lowest BCUT2D eigenvalue weighted by atomic mass is 10.0. The summed E-state index contributed by atoms with van der Waals surface area (Å²) in [5.41, 5.74) is 2.87. The maximum absolute atomic E-state index is 12.1. The Morgan fingerprint density at radius 1 is 1.22 bits per heavy atom. The second kappa shape index (κ2) is 5.68. The van der Waals surface area contributed by atoms with Gasteiger partial charge in [-0.15, -0.1) is 0 Å². The van der Waals surface area contributed by atoms with E-state index in [1.54, 1.807) is 18.2 Å². The van der Waals surface area contributed by atoms with Crippen molar-refractivity contribution < 1.29 is 4.79 Å². The summed E-state index contributed by atoms with van der Waals surface area (Å²) in [5.74, 6) is 0.0953. The van der Waals surface area contributed by atoms with Crippen molar-refractivity contribution in [2.45, 2.75) is 13.3 Å². The van der Waals surface area contributed by atoms with E-state index in [9.17, 15) is 4.79 Å². The van der Waals surface area contributed by atoms with Gasteiger partial charge in [0, 0.05) is 16.5 Å². The van der Waals surface area contributed by atoms with Crippen molar-refractivity contribution in [2.24, 2.45) is 0 Å². The third kappa shape index (κ3) is 3.21. The standard InChI is InChI=1S/C15H12BrClO/c1-10-3-2-4-11(7-10)8-15(18)12-5-6-14(17)13(16)9-12/h2-7,9H,8H2,1H3. The van der Waals surface area contributed by atoms with Gasteiger partial charge in [-0.1, -0.05) is 41.4 Å². The first-order valence-electron chi connectivity index (χ1n) is 5.60. The van der Waals surface area contributed by atoms with Crippen molar-refractivity contribution in [3.05, 3.63) is 68.7 Å². The van der Waals surface area contributed by atoms with Gasteiger partial charge in [0.2, 0.25) is 0 Å². The van der Waals surface area contributed by atoms with Crippen LogP contribution in [0.25, 0.3) is 0 Å². The number of hydrogen-bond acceptors (Lipinski definition) is 1. The lowest BCUT2D eigenvalue weighted by Gasteiger charge is -2.04. The molecule has 0 spiro atoms. The summed E-state index contributed by atoms with van der Waals surface area (Å²) in [4.78, 5) is 12.1. The van der Waals surface area contributed by atoms with E-state index in [1.165, 1.54) is 0 Å². The molecule has 2 rings (SSSR count). The highest BCUT2D eigenvalue weighted by atomic mass is 79.9. The summed E-state index contributed by atoms with van der Waals surface area (Å²) in [5, 5.41) is 0.613. The summed E-state index contributed by atoms with van der Waals surface area (Å²) < 4.78 is 0.749. The normalized spacial score (nSPS) is 10.4. The van der Waals surface area contributed by atoms with Crippen LogP contribution in [0.4, 0.5) is 0 Å². The molecule has 0 bridgehead atoms. The van der Waals surface area contributed by atoms with Gasteiger partial charge in [-0.25, -0.2) is 0 Å². The Balaban J connectivity index is 2.19. The van der Waals surface area contributed by atoms with Crippen molar-refractivity contribution >= 4 is 33.3 Å². The minimum absolute atomic E-state index is 0.0953. The average molecular weight is 324 g/mol. The minimum atomic E-state index is 0.0953. The molecule has 1 nitrogen and oxygen atoms in total. The first-order chi connectivity index (χ1) is 8.56. The predicted molar refractivity (Wildman–Crippen MR) is 78.4 cm³/mol. The Hall–Kier alpha value is -1.12. The van der Waals surface area contributed by atoms with Crippen LogP contribution in [0, 0.1) is 6.92 Å². The zero-order chi connectivity index (χ0) is 13.1. The molecule has 0 atom stereocenters. The van der Waals surface area contributed by atoms with Crippen LogP contribution in [0.5, 0.6) is 0 Å². The lowest BCUT2D eigenvalue weighted by Crippen LogP contribution is -2.03. The second-order valence-electron chi connectivity index (χ2n) is 4.22. The number of carbonyl (C=O) groups excluding carboxylic acids is 1. The highest BCUT2D eigenvalue weighted by Crippen LogP contribution is 2.24. The molecule has 18 heavy (non-hydrogen) atoms. The van der Waals surface area contributed by atoms with Gasteiger partial charge in [0.05, 0.1) is 5.02 Å². The SMILES string of the molecule is Cc1cccc(CC(=O)c2ccc(Cl)c(Br)c2)c1. The number of ketones is 1. The molecule has 2 aromatic rings. The van der Waals surface area contributed by atoms with Crippen LogP contribution in [0.2, 0.25) is 5.02 Å². The van der Waals surface area contributed by atoms with Gasteiger partial charge in [0.15, 0.2) is 5.78 Å². The van der Waals surface area contributed by atoms with E-state index < -0.39 is 0 Å². The number of Topliss-reactive ketones (excluding diaryl/α,β-unsaturated/α-hetero) is 1. The predicted octanol–water partition coefficient (Wildman–Crippen LogP) is 4.84. The molecule has 0 aliphatic carbocycles. The van der Waals surface area contributed by atoms with E-state index in [-0.39, 0.29) is 5.78 Å². The Morgan fingerprint density at radius 3 is 2.67 bits per heavy atom. The molecule has 0 aliphatic heterocycles. The number of benzene rings is 2. The van der Waals surface area contributed by atoms with Crippen LogP contribution in [-0.4, -0.2) is 5.78 Å². The maximum Gasteiger partial charge on any atom is 0.167 e. The molecule has 2 aromatic carbocycles. The largest absolute Gasteiger partial charge is 0.294 e. The van der Waals surface area contributed by atoms with Crippen LogP contribution >= 0.6 is 27.5 Å². The Labute approximate surface area is 120 Å². The van der Waals surface area contributed by atoms with Gasteiger partial charge < -0.3 is 0 Å². The molecule has 0 unspecified atom stereocenters. The molecule has 0 amide bonds. The van der Waals surface area contributed by atoms with Crippen LogP contribution < -0.4 is 0 Å². The van der Waals surface area contributed by atoms with Crippen LogP contribution in [0.3, 0.4) is 0 Å². The number of hydrogen-bond donors (Lipinski definition) is 0. The van der Waals surface area contributed by atoms with Gasteiger partial charge in [-0.3, -0.25) is 4.79 Å². The summed E-state index contributed by atoms with van der Waals surface area (Å²) in [6.45, 7) is 2.02. The zero-order valence-corrected chi connectivity index (χ0v) is 12.3. The van der Waals surface area contributed by atoms with Gasteiger partial charge in [0.25, 0.3) is 0 Å². The number of aryl methyl sites for hydroxylation is 1. The summed E-state index contributed by atoms with van der Waals surface area (Å²) in [6.07, 6.45) is 0.412. The highest BCUT2D eigenvalue weighted by molar-refractivity contribution is 9.10. The molecule has 0 saturated heterocycles. The van der Waals surface area contributed by atoms with Crippen molar-refractivity contribution in [3.63, 3.8) is 0 Å². The van der Waals surface area contributed by atoms with E-state index in [1.807, 2.05) is 31.2 Å². The fourth-order valence-electron chi connectivity index (χ4n) is 1.78. The van der Waals surface area contributed by atoms with Gasteiger partial charge in [-0.05, 0) is 46.6 Å². The fourth-order valence-corrected chi connectivity index (χ4v) is 2.28. The minimum Gasteiger partial charge on any atom is -0.294 e. The summed E-state index contributed by atoms with van der Waals surface area (Å²) in [6, 6.07) is 13.2. The molecule has 0 aliphatic rings. The monoisotopic (exact) mass is 322 g/mol. The third-order valence-electron chi connectivity index (χ3n) is 2.69. The van der Waals surface area contributed by atoms with Crippen molar-refractivity contribution in [3.8, 4) is 0 Å². The van der Waals surface area contributed by atoms with Crippen LogP contribution in [0.1, 0.15) is 21.5 Å². The highest BCUT2D eigenvalue weighted by Gasteiger charge is 2.09. The van der Waals surface area contributed by atoms with Crippen molar-refractivity contribution in [1.82, 2.24) is 0 Å². The molecule has 3 heteroatoms. The Kier molecular flexibility index (Phi) is 4.20. The summed E-state index contributed by atoms with van der Waals surface area (Å²) >= 11 is 9.24. The fraction of sp³-hybridized carbons (Fsp3) is 0.133. The molecule has 0 fully saturated rings. The van der Waals surface area contributed by atoms with E-state index in [2.05, 4.69) is 15.9 Å². The molecular weight excluding hydrogens is 312 g/mol. The third-order valence-corrected chi connectivity index (χ3v) is 3.90. The molecule has 92 valence electrons. The quantitative estimate of drug-likeness (QED) is 0.739. The maximum atomic E-state index is 12.1. The topological polar surface area (TPSA) is 17.1 Å². The molecular formula is C15H12BrClO. The van der Waals surface area contributed by atoms with Crippen molar-refractivity contribution in [2.75, 3.05) is 0 Å². The van der Waals surface area contributed by atoms with Gasteiger partial charge in [0.1, 0.15) is 0 Å². The van der Waals surface area contributed by atoms with E-state index in [4.69, 9.17) is 11.6 Å². The Bertz CT molecular complexity index is 593.